The highest BCUT2D eigenvalue weighted by Crippen LogP contribution is 2.13. The molecular weight excluding hydrogens is 490 g/mol. The third kappa shape index (κ3) is 16.6. The Hall–Kier alpha value is -1.27. The largest absolute Gasteiger partial charge is 0.379 e. The molecule has 0 aliphatic heterocycles. The fourth-order valence-electron chi connectivity index (χ4n) is 4.86. The summed E-state index contributed by atoms with van der Waals surface area (Å²) in [5.74, 6) is 0. The summed E-state index contributed by atoms with van der Waals surface area (Å²) in [6.07, 6.45) is 21.5. The molecule has 2 aromatic rings. The molecule has 216 valence electrons. The molecule has 0 bridgehead atoms. The van der Waals surface area contributed by atoms with Crippen LogP contribution in [0.4, 0.5) is 0 Å². The van der Waals surface area contributed by atoms with Crippen molar-refractivity contribution >= 4 is 11.3 Å². The molecule has 0 radical (unpaired) electrons. The Labute approximate surface area is 238 Å². The number of rotatable bonds is 25. The highest BCUT2D eigenvalue weighted by atomic mass is 32.1. The first-order valence-electron chi connectivity index (χ1n) is 15.5. The maximum Gasteiger partial charge on any atom is 0.225 e. The molecule has 0 saturated heterocycles. The summed E-state index contributed by atoms with van der Waals surface area (Å²) in [5, 5.41) is 0. The zero-order valence-corrected chi connectivity index (χ0v) is 25.6. The van der Waals surface area contributed by atoms with Gasteiger partial charge in [0.1, 0.15) is 6.10 Å². The smallest absolute Gasteiger partial charge is 0.225 e. The van der Waals surface area contributed by atoms with Gasteiger partial charge in [0.25, 0.3) is 0 Å². The number of aryl methyl sites for hydroxylation is 1. The van der Waals surface area contributed by atoms with E-state index in [1.807, 2.05) is 6.92 Å². The van der Waals surface area contributed by atoms with Gasteiger partial charge >= 0.3 is 0 Å². The second kappa shape index (κ2) is 22.5. The second-order valence-corrected chi connectivity index (χ2v) is 11.8. The quantitative estimate of drug-likeness (QED) is 0.0921. The Morgan fingerprint density at radius 2 is 1.37 bits per heavy atom. The molecule has 4 nitrogen and oxygen atoms in total. The van der Waals surface area contributed by atoms with Crippen LogP contribution in [0.5, 0.6) is 0 Å². The van der Waals surface area contributed by atoms with Gasteiger partial charge in [-0.3, -0.25) is 0 Å². The van der Waals surface area contributed by atoms with Gasteiger partial charge in [-0.2, -0.15) is 4.57 Å². The normalized spacial score (nSPS) is 12.3. The molecule has 0 amide bonds. The maximum atomic E-state index is 6.01. The van der Waals surface area contributed by atoms with Crippen molar-refractivity contribution in [1.82, 2.24) is 0 Å². The average molecular weight is 547 g/mol. The summed E-state index contributed by atoms with van der Waals surface area (Å²) < 4.78 is 20.0. The number of hydrogen-bond donors (Lipinski definition) is 0. The first kappa shape index (κ1) is 32.9. The molecule has 1 aromatic carbocycles. The minimum atomic E-state index is -0.000774. The summed E-state index contributed by atoms with van der Waals surface area (Å²) >= 11 is 1.78. The van der Waals surface area contributed by atoms with E-state index in [9.17, 15) is 0 Å². The fraction of sp³-hybridized carbons (Fsp3) is 0.727. The zero-order valence-electron chi connectivity index (χ0n) is 24.8. The molecule has 5 heteroatoms. The van der Waals surface area contributed by atoms with Gasteiger partial charge in [-0.15, -0.1) is 0 Å². The molecular formula is C33H56NO3S+. The number of ether oxygens (including phenoxy) is 3. The minimum absolute atomic E-state index is 0.000774. The lowest BCUT2D eigenvalue weighted by Crippen LogP contribution is -2.30. The molecule has 0 N–H and O–H groups in total. The van der Waals surface area contributed by atoms with Crippen LogP contribution in [0.3, 0.4) is 0 Å². The van der Waals surface area contributed by atoms with Gasteiger partial charge in [0, 0.05) is 18.8 Å². The van der Waals surface area contributed by atoms with Crippen molar-refractivity contribution in [3.63, 3.8) is 0 Å². The SMILES string of the molecule is CCCCCCCCCCCCCCCCOCC(COCc1cccc(C[n+]2csc(C)c2)c1)OCC. The zero-order chi connectivity index (χ0) is 27.1. The Bertz CT molecular complexity index is 809. The molecule has 0 saturated carbocycles. The monoisotopic (exact) mass is 546 g/mol. The fourth-order valence-corrected chi connectivity index (χ4v) is 5.49. The van der Waals surface area contributed by atoms with Crippen molar-refractivity contribution in [2.45, 2.75) is 130 Å². The Morgan fingerprint density at radius 1 is 0.763 bits per heavy atom. The molecule has 38 heavy (non-hydrogen) atoms. The van der Waals surface area contributed by atoms with Crippen LogP contribution in [-0.2, 0) is 27.4 Å². The van der Waals surface area contributed by atoms with Gasteiger partial charge in [-0.05, 0) is 31.9 Å². The Kier molecular flexibility index (Phi) is 19.5. The van der Waals surface area contributed by atoms with E-state index in [2.05, 4.69) is 54.4 Å². The van der Waals surface area contributed by atoms with Crippen molar-refractivity contribution in [3.8, 4) is 0 Å². The maximum absolute atomic E-state index is 6.01. The van der Waals surface area contributed by atoms with E-state index < -0.39 is 0 Å². The van der Waals surface area contributed by atoms with Crippen LogP contribution < -0.4 is 4.57 Å². The number of hydrogen-bond acceptors (Lipinski definition) is 4. The van der Waals surface area contributed by atoms with E-state index in [4.69, 9.17) is 14.2 Å². The third-order valence-electron chi connectivity index (χ3n) is 7.00. The average Bonchev–Trinajstić information content (AvgIpc) is 3.32. The lowest BCUT2D eigenvalue weighted by Gasteiger charge is -2.17. The molecule has 0 spiro atoms. The predicted octanol–water partition coefficient (Wildman–Crippen LogP) is 8.81. The van der Waals surface area contributed by atoms with Crippen molar-refractivity contribution in [1.29, 1.82) is 0 Å². The van der Waals surface area contributed by atoms with Gasteiger partial charge in [-0.25, -0.2) is 0 Å². The highest BCUT2D eigenvalue weighted by Gasteiger charge is 2.10. The molecule has 1 unspecified atom stereocenters. The van der Waals surface area contributed by atoms with Crippen LogP contribution in [-0.4, -0.2) is 32.5 Å². The van der Waals surface area contributed by atoms with Crippen LogP contribution >= 0.6 is 11.3 Å². The number of thiazole rings is 1. The van der Waals surface area contributed by atoms with Gasteiger partial charge in [-0.1, -0.05) is 120 Å². The summed E-state index contributed by atoms with van der Waals surface area (Å²) in [6, 6.07) is 8.67. The first-order valence-corrected chi connectivity index (χ1v) is 16.4. The van der Waals surface area contributed by atoms with Gasteiger partial charge in [0.15, 0.2) is 12.7 Å². The topological polar surface area (TPSA) is 31.6 Å². The molecule has 2 rings (SSSR count). The standard InChI is InChI=1S/C33H56NO3S/c1-4-6-7-8-9-10-11-12-13-14-15-16-17-18-22-35-27-33(37-5-2)28-36-26-32-21-19-20-31(23-32)25-34-24-30(3)38-29-34/h19-21,23-24,29,33H,4-18,22,25-28H2,1-3H3/q+1. The van der Waals surface area contributed by atoms with Crippen molar-refractivity contribution in [3.05, 3.63) is 52.0 Å². The Morgan fingerprint density at radius 3 is 1.97 bits per heavy atom. The van der Waals surface area contributed by atoms with E-state index in [-0.39, 0.29) is 6.10 Å². The van der Waals surface area contributed by atoms with Crippen molar-refractivity contribution in [2.75, 3.05) is 26.4 Å². The van der Waals surface area contributed by atoms with Crippen molar-refractivity contribution in [2.24, 2.45) is 0 Å². The first-order chi connectivity index (χ1) is 18.7. The second-order valence-electron chi connectivity index (χ2n) is 10.7. The molecule has 0 aliphatic rings. The summed E-state index contributed by atoms with van der Waals surface area (Å²) in [5.41, 5.74) is 4.67. The van der Waals surface area contributed by atoms with E-state index in [0.29, 0.717) is 26.4 Å². The number of aromatic nitrogens is 1. The Balaban J connectivity index is 1.45. The summed E-state index contributed by atoms with van der Waals surface area (Å²) in [7, 11) is 0. The lowest BCUT2D eigenvalue weighted by atomic mass is 10.0. The van der Waals surface area contributed by atoms with Crippen LogP contribution in [0.25, 0.3) is 0 Å². The molecule has 1 aromatic heterocycles. The van der Waals surface area contributed by atoms with Crippen LogP contribution in [0.1, 0.15) is 120 Å². The van der Waals surface area contributed by atoms with Gasteiger partial charge < -0.3 is 14.2 Å². The van der Waals surface area contributed by atoms with Gasteiger partial charge in [0.2, 0.25) is 5.51 Å². The van der Waals surface area contributed by atoms with Crippen LogP contribution in [0, 0.1) is 6.92 Å². The van der Waals surface area contributed by atoms with E-state index >= 15 is 0 Å². The predicted molar refractivity (Wildman–Crippen MR) is 161 cm³/mol. The molecule has 0 fully saturated rings. The minimum Gasteiger partial charge on any atom is -0.379 e. The highest BCUT2D eigenvalue weighted by molar-refractivity contribution is 7.09. The molecule has 1 heterocycles. The number of benzene rings is 1. The van der Waals surface area contributed by atoms with E-state index in [0.717, 1.165) is 19.6 Å². The number of unbranched alkanes of at least 4 members (excludes halogenated alkanes) is 13. The van der Waals surface area contributed by atoms with E-state index in [1.165, 1.54) is 99.5 Å². The van der Waals surface area contributed by atoms with E-state index in [1.54, 1.807) is 11.3 Å². The molecule has 0 aliphatic carbocycles. The third-order valence-corrected chi connectivity index (χ3v) is 7.85. The van der Waals surface area contributed by atoms with Crippen molar-refractivity contribution < 1.29 is 18.8 Å². The summed E-state index contributed by atoms with van der Waals surface area (Å²) in [4.78, 5) is 1.33. The molecule has 1 atom stereocenters. The number of nitrogens with zero attached hydrogens (tertiary/aromatic N) is 1. The van der Waals surface area contributed by atoms with Crippen LogP contribution in [0.15, 0.2) is 36.0 Å². The van der Waals surface area contributed by atoms with Crippen LogP contribution in [0.2, 0.25) is 0 Å². The summed E-state index contributed by atoms with van der Waals surface area (Å²) in [6.45, 7) is 10.6. The lowest BCUT2D eigenvalue weighted by molar-refractivity contribution is -0.683. The van der Waals surface area contributed by atoms with Gasteiger partial charge in [0.05, 0.1) is 24.7 Å².